The summed E-state index contributed by atoms with van der Waals surface area (Å²) >= 11 is 0. The third kappa shape index (κ3) is 2.18. The van der Waals surface area contributed by atoms with Crippen molar-refractivity contribution in [3.05, 3.63) is 23.8 Å². The molecule has 2 N–H and O–H groups in total. The molecule has 0 aliphatic heterocycles. The third-order valence-electron chi connectivity index (χ3n) is 8.60. The number of hydrogen-bond donors (Lipinski definition) is 2. The van der Waals surface area contributed by atoms with Gasteiger partial charge in [0.25, 0.3) is 0 Å². The second kappa shape index (κ2) is 5.63. The number of allylic oxidation sites excluding steroid dienone is 2. The van der Waals surface area contributed by atoms with E-state index < -0.39 is 28.3 Å². The fourth-order valence-electron chi connectivity index (χ4n) is 6.71. The van der Waals surface area contributed by atoms with Crippen molar-refractivity contribution < 1.29 is 24.6 Å². The Balaban J connectivity index is 1.80. The maximum atomic E-state index is 13.4. The van der Waals surface area contributed by atoms with Crippen molar-refractivity contribution in [1.29, 1.82) is 0 Å². The van der Waals surface area contributed by atoms with E-state index in [1.807, 2.05) is 26.0 Å². The van der Waals surface area contributed by atoms with Crippen molar-refractivity contribution in [2.24, 2.45) is 34.5 Å². The van der Waals surface area contributed by atoms with Crippen LogP contribution in [0.3, 0.4) is 0 Å². The van der Waals surface area contributed by atoms with Gasteiger partial charge in [-0.25, -0.2) is 0 Å². The van der Waals surface area contributed by atoms with Crippen molar-refractivity contribution in [2.45, 2.75) is 58.5 Å². The fraction of sp³-hybridized carbons (Fsp3) is 0.682. The SMILES string of the molecule is C[C@H](C(=O)O)[C@H]1CC[C@H]2[C@@H]3C=CC4=CC(=O)CC[C@]4(C)[C@@]3(O)CC(=O)[C@]12C. The van der Waals surface area contributed by atoms with Crippen LogP contribution < -0.4 is 0 Å². The molecule has 0 radical (unpaired) electrons. The molecule has 0 aromatic heterocycles. The summed E-state index contributed by atoms with van der Waals surface area (Å²) in [7, 11) is 0. The van der Waals surface area contributed by atoms with Gasteiger partial charge in [0.15, 0.2) is 5.78 Å². The number of carbonyl (C=O) groups is 3. The summed E-state index contributed by atoms with van der Waals surface area (Å²) in [6, 6.07) is 0. The minimum absolute atomic E-state index is 0.0189. The lowest BCUT2D eigenvalue weighted by atomic mass is 9.45. The van der Waals surface area contributed by atoms with E-state index in [0.717, 1.165) is 12.0 Å². The topological polar surface area (TPSA) is 91.7 Å². The number of hydrogen-bond acceptors (Lipinski definition) is 4. The standard InChI is InChI=1S/C22H28O5/c1-12(19(25)26)15-6-7-16-17-5-4-13-10-14(23)8-9-20(13,2)22(17,27)11-18(24)21(15,16)3/h4-5,10,12,15-17,27H,6-9,11H2,1-3H3,(H,25,26)/t12-,15+,16-,17-,20-,21+,22+/m0/s1. The van der Waals surface area contributed by atoms with Crippen LogP contribution in [-0.4, -0.2) is 33.3 Å². The van der Waals surface area contributed by atoms with Crippen LogP contribution in [0, 0.1) is 34.5 Å². The van der Waals surface area contributed by atoms with Gasteiger partial charge in [0.05, 0.1) is 11.5 Å². The number of aliphatic carboxylic acids is 1. The number of rotatable bonds is 2. The van der Waals surface area contributed by atoms with E-state index >= 15 is 0 Å². The molecule has 5 heteroatoms. The molecule has 146 valence electrons. The molecule has 5 nitrogen and oxygen atoms in total. The van der Waals surface area contributed by atoms with Gasteiger partial charge in [-0.3, -0.25) is 14.4 Å². The summed E-state index contributed by atoms with van der Waals surface area (Å²) < 4.78 is 0. The quantitative estimate of drug-likeness (QED) is 0.778. The van der Waals surface area contributed by atoms with Crippen LogP contribution in [0.1, 0.15) is 52.9 Å². The molecular weight excluding hydrogens is 344 g/mol. The van der Waals surface area contributed by atoms with E-state index in [1.54, 1.807) is 13.0 Å². The molecule has 4 rings (SSSR count). The number of carboxylic acid groups (broad SMARTS) is 1. The second-order valence-corrected chi connectivity index (χ2v) is 9.51. The Morgan fingerprint density at radius 2 is 1.96 bits per heavy atom. The molecular formula is C22H28O5. The lowest BCUT2D eigenvalue weighted by molar-refractivity contribution is -0.180. The van der Waals surface area contributed by atoms with E-state index in [4.69, 9.17) is 0 Å². The van der Waals surface area contributed by atoms with Crippen LogP contribution in [0.5, 0.6) is 0 Å². The molecule has 0 aromatic rings. The molecule has 0 amide bonds. The first-order valence-corrected chi connectivity index (χ1v) is 9.97. The number of carbonyl (C=O) groups excluding carboxylic acids is 2. The Morgan fingerprint density at radius 3 is 2.63 bits per heavy atom. The molecule has 0 heterocycles. The highest BCUT2D eigenvalue weighted by Gasteiger charge is 2.68. The Hall–Kier alpha value is -1.75. The zero-order valence-corrected chi connectivity index (χ0v) is 16.2. The molecule has 0 unspecified atom stereocenters. The molecule has 7 atom stereocenters. The first-order chi connectivity index (χ1) is 12.6. The van der Waals surface area contributed by atoms with E-state index in [-0.39, 0.29) is 35.7 Å². The molecule has 2 fully saturated rings. The van der Waals surface area contributed by atoms with Crippen molar-refractivity contribution >= 4 is 17.5 Å². The van der Waals surface area contributed by atoms with Gasteiger partial charge in [0, 0.05) is 29.6 Å². The zero-order chi connectivity index (χ0) is 19.8. The summed E-state index contributed by atoms with van der Waals surface area (Å²) in [4.78, 5) is 36.9. The summed E-state index contributed by atoms with van der Waals surface area (Å²) in [6.45, 7) is 5.59. The smallest absolute Gasteiger partial charge is 0.306 e. The molecule has 4 aliphatic carbocycles. The van der Waals surface area contributed by atoms with Crippen molar-refractivity contribution in [1.82, 2.24) is 0 Å². The van der Waals surface area contributed by atoms with Crippen LogP contribution in [0.4, 0.5) is 0 Å². The maximum Gasteiger partial charge on any atom is 0.306 e. The van der Waals surface area contributed by atoms with Gasteiger partial charge in [-0.05, 0) is 42.7 Å². The van der Waals surface area contributed by atoms with Gasteiger partial charge < -0.3 is 10.2 Å². The maximum absolute atomic E-state index is 13.4. The molecule has 2 saturated carbocycles. The number of carboxylic acids is 1. The first-order valence-electron chi connectivity index (χ1n) is 9.97. The minimum atomic E-state index is -1.21. The minimum Gasteiger partial charge on any atom is -0.481 e. The predicted octanol–water partition coefficient (Wildman–Crippen LogP) is 2.93. The van der Waals surface area contributed by atoms with Crippen molar-refractivity contribution in [3.8, 4) is 0 Å². The molecule has 0 aromatic carbocycles. The van der Waals surface area contributed by atoms with Crippen LogP contribution in [0.15, 0.2) is 23.8 Å². The average molecular weight is 372 g/mol. The number of Topliss-reactive ketones (excluding diaryl/α,β-unsaturated/α-hetero) is 1. The Labute approximate surface area is 159 Å². The highest BCUT2D eigenvalue weighted by atomic mass is 16.4. The van der Waals surface area contributed by atoms with Gasteiger partial charge in [-0.1, -0.05) is 32.9 Å². The molecule has 4 aliphatic rings. The lowest BCUT2D eigenvalue weighted by Crippen LogP contribution is -2.65. The van der Waals surface area contributed by atoms with E-state index in [1.165, 1.54) is 0 Å². The van der Waals surface area contributed by atoms with Gasteiger partial charge >= 0.3 is 5.97 Å². The Morgan fingerprint density at radius 1 is 1.26 bits per heavy atom. The molecule has 27 heavy (non-hydrogen) atoms. The van der Waals surface area contributed by atoms with Gasteiger partial charge in [-0.2, -0.15) is 0 Å². The third-order valence-corrected chi connectivity index (χ3v) is 8.60. The number of fused-ring (bicyclic) bond motifs is 5. The normalized spacial score (nSPS) is 47.0. The fourth-order valence-corrected chi connectivity index (χ4v) is 6.71. The summed E-state index contributed by atoms with van der Waals surface area (Å²) in [5.74, 6) is -1.86. The van der Waals surface area contributed by atoms with Crippen LogP contribution in [-0.2, 0) is 14.4 Å². The molecule has 0 bridgehead atoms. The summed E-state index contributed by atoms with van der Waals surface area (Å²) in [5, 5.41) is 21.4. The first kappa shape index (κ1) is 18.6. The van der Waals surface area contributed by atoms with Crippen molar-refractivity contribution in [3.63, 3.8) is 0 Å². The zero-order valence-electron chi connectivity index (χ0n) is 16.2. The predicted molar refractivity (Wildman–Crippen MR) is 98.8 cm³/mol. The van der Waals surface area contributed by atoms with Crippen LogP contribution >= 0.6 is 0 Å². The van der Waals surface area contributed by atoms with Crippen LogP contribution in [0.2, 0.25) is 0 Å². The van der Waals surface area contributed by atoms with Gasteiger partial charge in [-0.15, -0.1) is 0 Å². The van der Waals surface area contributed by atoms with E-state index in [0.29, 0.717) is 19.3 Å². The summed E-state index contributed by atoms with van der Waals surface area (Å²) in [5.41, 5.74) is -1.73. The lowest BCUT2D eigenvalue weighted by Gasteiger charge is -2.60. The highest BCUT2D eigenvalue weighted by molar-refractivity contribution is 5.93. The number of ketones is 2. The largest absolute Gasteiger partial charge is 0.481 e. The monoisotopic (exact) mass is 372 g/mol. The number of aliphatic hydroxyl groups is 1. The molecule has 0 saturated heterocycles. The second-order valence-electron chi connectivity index (χ2n) is 9.51. The Kier molecular flexibility index (Phi) is 3.88. The van der Waals surface area contributed by atoms with Gasteiger partial charge in [0.2, 0.25) is 0 Å². The summed E-state index contributed by atoms with van der Waals surface area (Å²) in [6.07, 6.45) is 7.96. The van der Waals surface area contributed by atoms with Crippen molar-refractivity contribution in [2.75, 3.05) is 0 Å². The molecule has 0 spiro atoms. The average Bonchev–Trinajstić information content (AvgIpc) is 2.95. The van der Waals surface area contributed by atoms with Gasteiger partial charge in [0.1, 0.15) is 5.78 Å². The highest BCUT2D eigenvalue weighted by Crippen LogP contribution is 2.66. The van der Waals surface area contributed by atoms with E-state index in [9.17, 15) is 24.6 Å². The van der Waals surface area contributed by atoms with Crippen LogP contribution in [0.25, 0.3) is 0 Å². The van der Waals surface area contributed by atoms with E-state index in [2.05, 4.69) is 0 Å². The Bertz CT molecular complexity index is 795.